The molecule has 2 fully saturated rings. The van der Waals surface area contributed by atoms with Crippen LogP contribution in [0.25, 0.3) is 5.57 Å². The molecule has 1 aromatic heterocycles. The van der Waals surface area contributed by atoms with Gasteiger partial charge in [-0.25, -0.2) is 4.98 Å². The molecule has 0 bridgehead atoms. The Balaban J connectivity index is 0.00000107. The van der Waals surface area contributed by atoms with Crippen molar-refractivity contribution in [2.45, 2.75) is 78.4 Å². The van der Waals surface area contributed by atoms with E-state index in [4.69, 9.17) is 21.4 Å². The van der Waals surface area contributed by atoms with Crippen LogP contribution >= 0.6 is 0 Å². The van der Waals surface area contributed by atoms with E-state index in [-0.39, 0.29) is 6.10 Å². The minimum atomic E-state index is 0.0359. The highest BCUT2D eigenvalue weighted by Gasteiger charge is 2.14. The van der Waals surface area contributed by atoms with Gasteiger partial charge in [0.15, 0.2) is 0 Å². The molecule has 7 N–H and O–H groups in total. The van der Waals surface area contributed by atoms with E-state index in [1.807, 2.05) is 44.9 Å². The lowest BCUT2D eigenvalue weighted by Gasteiger charge is -2.32. The van der Waals surface area contributed by atoms with E-state index in [2.05, 4.69) is 89.1 Å². The first-order valence-electron chi connectivity index (χ1n) is 18.0. The third-order valence-corrected chi connectivity index (χ3v) is 8.62. The fourth-order valence-electron chi connectivity index (χ4n) is 5.40. The molecule has 1 saturated carbocycles. The second-order valence-corrected chi connectivity index (χ2v) is 13.1. The van der Waals surface area contributed by atoms with E-state index in [1.165, 1.54) is 43.6 Å². The Morgan fingerprint density at radius 1 is 1.06 bits per heavy atom. The fourth-order valence-corrected chi connectivity index (χ4v) is 5.40. The van der Waals surface area contributed by atoms with Crippen LogP contribution in [-0.4, -0.2) is 79.3 Å². The number of nitrogens with zero attached hydrogens (tertiary/aromatic N) is 4. The van der Waals surface area contributed by atoms with Gasteiger partial charge in [0.1, 0.15) is 12.5 Å². The average molecular weight is 710 g/mol. The number of likely N-dealkylation sites (N-methyl/N-ethyl adjacent to an activating group) is 1. The predicted molar refractivity (Wildman–Crippen MR) is 220 cm³/mol. The number of hydrogen-bond acceptors (Lipinski definition) is 9. The number of allylic oxidation sites excluding steroid dienone is 7. The standard InChI is InChI=1S/C35H44N6.C6H12O.CH5N.CH2O/c1-26(2)33-15-17-38-34(23-33)14-11-30(8-7-16-36)22-27(3)29(5)39-24-35(28(4)37)32-12-9-31(10-13-32)25-41-20-18-40(6)19-21-41;7-6-4-2-1-3-5-6;2*1-2/h7-10,12-13,15-17,22-24,26H,5,18-21,25,36-37H2,1-4,6H3;6-7H,1-5H2;2H2,1H3;1H2/b16-7+,27-22-,30-8-,35-28-,39-24?;;;. The molecule has 0 unspecified atom stereocenters. The van der Waals surface area contributed by atoms with E-state index in [0.717, 1.165) is 73.5 Å². The van der Waals surface area contributed by atoms with Crippen molar-refractivity contribution in [2.75, 3.05) is 40.3 Å². The second kappa shape index (κ2) is 26.2. The highest BCUT2D eigenvalue weighted by atomic mass is 16.3. The molecule has 2 heterocycles. The molecule has 0 amide bonds. The summed E-state index contributed by atoms with van der Waals surface area (Å²) in [5.74, 6) is 6.78. The molecule has 282 valence electrons. The summed E-state index contributed by atoms with van der Waals surface area (Å²) in [6.07, 6.45) is 16.6. The van der Waals surface area contributed by atoms with Crippen molar-refractivity contribution in [2.24, 2.45) is 22.2 Å². The van der Waals surface area contributed by atoms with E-state index >= 15 is 0 Å². The van der Waals surface area contributed by atoms with E-state index in [9.17, 15) is 0 Å². The predicted octanol–water partition coefficient (Wildman–Crippen LogP) is 6.32. The molecule has 1 aliphatic heterocycles. The molecule has 1 aromatic carbocycles. The topological polar surface area (TPSA) is 147 Å². The zero-order chi connectivity index (χ0) is 38.9. The minimum Gasteiger partial charge on any atom is -0.405 e. The lowest BCUT2D eigenvalue weighted by molar-refractivity contribution is -0.0980. The van der Waals surface area contributed by atoms with Gasteiger partial charge in [-0.05, 0) is 111 Å². The molecular weight excluding hydrogens is 647 g/mol. The van der Waals surface area contributed by atoms with Crippen LogP contribution in [-0.2, 0) is 11.3 Å². The highest BCUT2D eigenvalue weighted by molar-refractivity contribution is 6.11. The molecular formula is C43H63N7O2. The number of carbonyl (C=O) groups excluding carboxylic acids is 1. The third kappa shape index (κ3) is 17.6. The van der Waals surface area contributed by atoms with Crippen molar-refractivity contribution in [3.8, 4) is 11.8 Å². The quantitative estimate of drug-likeness (QED) is 0.134. The smallest absolute Gasteiger partial charge is 0.113 e. The number of aliphatic hydroxyl groups excluding tert-OH is 1. The monoisotopic (exact) mass is 710 g/mol. The lowest BCUT2D eigenvalue weighted by atomic mass is 9.98. The first-order chi connectivity index (χ1) is 25.0. The lowest BCUT2D eigenvalue weighted by Crippen LogP contribution is -2.43. The van der Waals surface area contributed by atoms with Gasteiger partial charge in [-0.1, -0.05) is 69.9 Å². The van der Waals surface area contributed by atoms with Crippen LogP contribution in [0.4, 0.5) is 0 Å². The van der Waals surface area contributed by atoms with Crippen molar-refractivity contribution < 1.29 is 9.90 Å². The summed E-state index contributed by atoms with van der Waals surface area (Å²) in [4.78, 5) is 21.9. The van der Waals surface area contributed by atoms with Gasteiger partial charge in [-0.3, -0.25) is 9.89 Å². The van der Waals surface area contributed by atoms with Crippen LogP contribution in [0.3, 0.4) is 0 Å². The molecule has 0 spiro atoms. The average Bonchev–Trinajstić information content (AvgIpc) is 3.16. The second-order valence-electron chi connectivity index (χ2n) is 13.1. The maximum Gasteiger partial charge on any atom is 0.113 e. The van der Waals surface area contributed by atoms with Gasteiger partial charge in [-0.15, -0.1) is 0 Å². The normalized spacial score (nSPS) is 16.4. The van der Waals surface area contributed by atoms with Crippen LogP contribution in [0, 0.1) is 11.8 Å². The maximum atomic E-state index is 8.91. The van der Waals surface area contributed by atoms with Gasteiger partial charge >= 0.3 is 0 Å². The summed E-state index contributed by atoms with van der Waals surface area (Å²) >= 11 is 0. The van der Waals surface area contributed by atoms with Crippen LogP contribution in [0.5, 0.6) is 0 Å². The Kier molecular flexibility index (Phi) is 22.9. The van der Waals surface area contributed by atoms with Gasteiger partial charge in [-0.2, -0.15) is 0 Å². The summed E-state index contributed by atoms with van der Waals surface area (Å²) < 4.78 is 0. The summed E-state index contributed by atoms with van der Waals surface area (Å²) in [5, 5.41) is 8.91. The third-order valence-electron chi connectivity index (χ3n) is 8.62. The SMILES string of the molecule is C=C(N=C/C(=C(\C)N)c1ccc(CN2CCN(C)CC2)cc1)\C(C)=C/C(C#Cc1cc(C(C)C)ccn1)=C\C=C\N.C=O.CN.OC1CCCCC1. The number of carbonyl (C=O) groups is 1. The number of aromatic nitrogens is 1. The number of pyridine rings is 1. The van der Waals surface area contributed by atoms with Crippen molar-refractivity contribution in [1.82, 2.24) is 14.8 Å². The molecule has 1 saturated heterocycles. The van der Waals surface area contributed by atoms with Crippen molar-refractivity contribution >= 4 is 18.6 Å². The Labute approximate surface area is 313 Å². The zero-order valence-electron chi connectivity index (χ0n) is 32.4. The molecule has 9 nitrogen and oxygen atoms in total. The Morgan fingerprint density at radius 2 is 1.69 bits per heavy atom. The van der Waals surface area contributed by atoms with Crippen LogP contribution in [0.15, 0.2) is 101 Å². The maximum absolute atomic E-state index is 8.91. The largest absolute Gasteiger partial charge is 0.405 e. The Bertz CT molecular complexity index is 1560. The van der Waals surface area contributed by atoms with Crippen LogP contribution < -0.4 is 17.2 Å². The number of aliphatic imine (C=N–C) groups is 1. The van der Waals surface area contributed by atoms with Crippen molar-refractivity contribution in [3.63, 3.8) is 0 Å². The molecule has 2 aliphatic rings. The first-order valence-corrected chi connectivity index (χ1v) is 18.0. The molecule has 4 rings (SSSR count). The first kappa shape index (κ1) is 45.4. The fraction of sp³-hybridized carbons (Fsp3) is 0.419. The minimum absolute atomic E-state index is 0.0359. The number of piperazine rings is 1. The van der Waals surface area contributed by atoms with Gasteiger partial charge in [0.05, 0.1) is 11.8 Å². The number of aliphatic hydroxyl groups is 1. The number of benzene rings is 1. The van der Waals surface area contributed by atoms with E-state index < -0.39 is 0 Å². The summed E-state index contributed by atoms with van der Waals surface area (Å²) in [6.45, 7) is 19.7. The van der Waals surface area contributed by atoms with E-state index in [0.29, 0.717) is 17.3 Å². The van der Waals surface area contributed by atoms with Crippen LogP contribution in [0.1, 0.15) is 88.1 Å². The summed E-state index contributed by atoms with van der Waals surface area (Å²) in [7, 11) is 3.68. The van der Waals surface area contributed by atoms with E-state index in [1.54, 1.807) is 18.5 Å². The zero-order valence-corrected chi connectivity index (χ0v) is 32.4. The number of nitrogens with two attached hydrogens (primary N) is 3. The molecule has 52 heavy (non-hydrogen) atoms. The van der Waals surface area contributed by atoms with Crippen molar-refractivity contribution in [3.05, 3.63) is 119 Å². The molecule has 0 atom stereocenters. The van der Waals surface area contributed by atoms with Gasteiger partial charge in [0.25, 0.3) is 0 Å². The Hall–Kier alpha value is -4.59. The summed E-state index contributed by atoms with van der Waals surface area (Å²) in [5.41, 5.74) is 24.5. The summed E-state index contributed by atoms with van der Waals surface area (Å²) in [6, 6.07) is 12.6. The van der Waals surface area contributed by atoms with Gasteiger partial charge in [0.2, 0.25) is 0 Å². The highest BCUT2D eigenvalue weighted by Crippen LogP contribution is 2.20. The van der Waals surface area contributed by atoms with Crippen LogP contribution in [0.2, 0.25) is 0 Å². The number of rotatable bonds is 9. The molecule has 1 aliphatic carbocycles. The van der Waals surface area contributed by atoms with Crippen molar-refractivity contribution in [1.29, 1.82) is 0 Å². The number of hydrogen-bond donors (Lipinski definition) is 4. The molecule has 2 aromatic rings. The Morgan fingerprint density at radius 3 is 2.23 bits per heavy atom. The molecule has 9 heteroatoms. The van der Waals surface area contributed by atoms with Gasteiger partial charge < -0.3 is 32.0 Å². The van der Waals surface area contributed by atoms with Gasteiger partial charge in [0, 0.05) is 62.0 Å². The molecule has 0 radical (unpaired) electrons.